The highest BCUT2D eigenvalue weighted by molar-refractivity contribution is 5.81. The molecule has 1 aliphatic rings. The van der Waals surface area contributed by atoms with Gasteiger partial charge in [-0.05, 0) is 6.42 Å². The summed E-state index contributed by atoms with van der Waals surface area (Å²) in [6.45, 7) is 5.20. The lowest BCUT2D eigenvalue weighted by Crippen LogP contribution is -2.39. The van der Waals surface area contributed by atoms with Crippen LogP contribution in [0.1, 0.15) is 27.2 Å². The van der Waals surface area contributed by atoms with Crippen molar-refractivity contribution >= 4 is 5.91 Å². The summed E-state index contributed by atoms with van der Waals surface area (Å²) in [7, 11) is 0. The molecule has 1 atom stereocenters. The number of halogens is 3. The van der Waals surface area contributed by atoms with Crippen molar-refractivity contribution < 1.29 is 18.0 Å². The van der Waals surface area contributed by atoms with Crippen LogP contribution in [-0.2, 0) is 4.79 Å². The van der Waals surface area contributed by atoms with E-state index in [2.05, 4.69) is 0 Å². The van der Waals surface area contributed by atoms with E-state index in [4.69, 9.17) is 0 Å². The van der Waals surface area contributed by atoms with Crippen LogP contribution in [0.15, 0.2) is 0 Å². The highest BCUT2D eigenvalue weighted by atomic mass is 19.4. The summed E-state index contributed by atoms with van der Waals surface area (Å²) < 4.78 is 37.1. The van der Waals surface area contributed by atoms with E-state index in [1.807, 2.05) is 0 Å². The second kappa shape index (κ2) is 3.68. The molecule has 0 N–H and O–H groups in total. The van der Waals surface area contributed by atoms with E-state index in [-0.39, 0.29) is 25.4 Å². The van der Waals surface area contributed by atoms with E-state index in [0.29, 0.717) is 0 Å². The van der Waals surface area contributed by atoms with E-state index < -0.39 is 17.5 Å². The molecule has 0 radical (unpaired) electrons. The lowest BCUT2D eigenvalue weighted by Gasteiger charge is -2.26. The van der Waals surface area contributed by atoms with Crippen LogP contribution in [0.4, 0.5) is 13.2 Å². The molecule has 0 aliphatic carbocycles. The summed E-state index contributed by atoms with van der Waals surface area (Å²) in [4.78, 5) is 13.0. The number of rotatable bonds is 0. The van der Waals surface area contributed by atoms with Crippen molar-refractivity contribution in [3.8, 4) is 0 Å². The molecule has 1 rings (SSSR count). The Hall–Kier alpha value is -0.740. The number of amides is 1. The van der Waals surface area contributed by atoms with Gasteiger partial charge < -0.3 is 4.90 Å². The second-order valence-electron chi connectivity index (χ2n) is 5.03. The van der Waals surface area contributed by atoms with Crippen molar-refractivity contribution in [2.45, 2.75) is 33.4 Å². The normalized spacial score (nSPS) is 23.3. The fraction of sp³-hybridized carbons (Fsp3) is 0.900. The maximum atomic E-state index is 12.4. The average molecular weight is 223 g/mol. The Morgan fingerprint density at radius 3 is 2.13 bits per heavy atom. The van der Waals surface area contributed by atoms with Gasteiger partial charge in [-0.2, -0.15) is 13.2 Å². The van der Waals surface area contributed by atoms with Crippen LogP contribution in [0.3, 0.4) is 0 Å². The third-order valence-electron chi connectivity index (χ3n) is 2.58. The fourth-order valence-corrected chi connectivity index (χ4v) is 1.69. The number of likely N-dealkylation sites (tertiary alicyclic amines) is 1. The molecule has 2 nitrogen and oxygen atoms in total. The Morgan fingerprint density at radius 1 is 1.27 bits per heavy atom. The van der Waals surface area contributed by atoms with E-state index in [1.54, 1.807) is 20.8 Å². The van der Waals surface area contributed by atoms with Crippen LogP contribution in [0.25, 0.3) is 0 Å². The Labute approximate surface area is 87.4 Å². The predicted molar refractivity (Wildman–Crippen MR) is 50.2 cm³/mol. The Morgan fingerprint density at radius 2 is 1.80 bits per heavy atom. The molecule has 88 valence electrons. The molecule has 1 heterocycles. The topological polar surface area (TPSA) is 20.3 Å². The first-order chi connectivity index (χ1) is 6.62. The quantitative estimate of drug-likeness (QED) is 0.617. The Bertz CT molecular complexity index is 254. The molecule has 0 bridgehead atoms. The number of hydrogen-bond acceptors (Lipinski definition) is 1. The minimum absolute atomic E-state index is 0.0331. The van der Waals surface area contributed by atoms with Crippen molar-refractivity contribution in [1.82, 2.24) is 4.90 Å². The van der Waals surface area contributed by atoms with Crippen LogP contribution in [0.5, 0.6) is 0 Å². The summed E-state index contributed by atoms with van der Waals surface area (Å²) in [5, 5.41) is 0. The molecule has 15 heavy (non-hydrogen) atoms. The van der Waals surface area contributed by atoms with Crippen molar-refractivity contribution in [3.05, 3.63) is 0 Å². The van der Waals surface area contributed by atoms with Gasteiger partial charge in [-0.1, -0.05) is 20.8 Å². The van der Waals surface area contributed by atoms with Gasteiger partial charge in [0.1, 0.15) is 0 Å². The lowest BCUT2D eigenvalue weighted by molar-refractivity contribution is -0.171. The summed E-state index contributed by atoms with van der Waals surface area (Å²) >= 11 is 0. The van der Waals surface area contributed by atoms with Gasteiger partial charge >= 0.3 is 6.18 Å². The first-order valence-corrected chi connectivity index (χ1v) is 4.98. The molecule has 1 saturated heterocycles. The molecule has 0 aromatic rings. The average Bonchev–Trinajstić information content (AvgIpc) is 2.47. The summed E-state index contributed by atoms with van der Waals surface area (Å²) in [6, 6.07) is 0. The van der Waals surface area contributed by atoms with Crippen LogP contribution in [-0.4, -0.2) is 30.1 Å². The van der Waals surface area contributed by atoms with Gasteiger partial charge in [0, 0.05) is 18.5 Å². The minimum atomic E-state index is -4.17. The SMILES string of the molecule is CC(C)(C)C(=O)N1CCC(C(F)(F)F)C1. The van der Waals surface area contributed by atoms with Gasteiger partial charge in [0.05, 0.1) is 5.92 Å². The maximum Gasteiger partial charge on any atom is 0.393 e. The molecule has 1 amide bonds. The Balaban J connectivity index is 2.62. The zero-order valence-electron chi connectivity index (χ0n) is 9.19. The van der Waals surface area contributed by atoms with Gasteiger partial charge in [-0.25, -0.2) is 0 Å². The number of nitrogens with zero attached hydrogens (tertiary/aromatic N) is 1. The predicted octanol–water partition coefficient (Wildman–Crippen LogP) is 2.44. The maximum absolute atomic E-state index is 12.4. The highest BCUT2D eigenvalue weighted by Gasteiger charge is 2.45. The van der Waals surface area contributed by atoms with Gasteiger partial charge in [0.2, 0.25) is 5.91 Å². The van der Waals surface area contributed by atoms with Crippen LogP contribution in [0, 0.1) is 11.3 Å². The molecule has 1 unspecified atom stereocenters. The van der Waals surface area contributed by atoms with Gasteiger partial charge in [-0.15, -0.1) is 0 Å². The summed E-state index contributed by atoms with van der Waals surface area (Å²) in [5.41, 5.74) is -0.597. The fourth-order valence-electron chi connectivity index (χ4n) is 1.69. The molecule has 1 aliphatic heterocycles. The van der Waals surface area contributed by atoms with Crippen molar-refractivity contribution in [2.24, 2.45) is 11.3 Å². The van der Waals surface area contributed by atoms with Crippen LogP contribution in [0.2, 0.25) is 0 Å². The molecule has 5 heteroatoms. The molecular weight excluding hydrogens is 207 g/mol. The minimum Gasteiger partial charge on any atom is -0.342 e. The monoisotopic (exact) mass is 223 g/mol. The summed E-state index contributed by atoms with van der Waals surface area (Å²) in [5.74, 6) is -1.54. The lowest BCUT2D eigenvalue weighted by atomic mass is 9.95. The second-order valence-corrected chi connectivity index (χ2v) is 5.03. The molecule has 0 spiro atoms. The highest BCUT2D eigenvalue weighted by Crippen LogP contribution is 2.34. The van der Waals surface area contributed by atoms with Gasteiger partial charge in [-0.3, -0.25) is 4.79 Å². The van der Waals surface area contributed by atoms with Gasteiger partial charge in [0.15, 0.2) is 0 Å². The van der Waals surface area contributed by atoms with E-state index in [0.717, 1.165) is 0 Å². The van der Waals surface area contributed by atoms with E-state index in [9.17, 15) is 18.0 Å². The van der Waals surface area contributed by atoms with Crippen LogP contribution >= 0.6 is 0 Å². The first kappa shape index (κ1) is 12.3. The first-order valence-electron chi connectivity index (χ1n) is 4.98. The zero-order chi connectivity index (χ0) is 11.9. The standard InChI is InChI=1S/C10H16F3NO/c1-9(2,3)8(15)14-5-4-7(6-14)10(11,12)13/h7H,4-6H2,1-3H3. The van der Waals surface area contributed by atoms with Gasteiger partial charge in [0.25, 0.3) is 0 Å². The van der Waals surface area contributed by atoms with Crippen molar-refractivity contribution in [3.63, 3.8) is 0 Å². The van der Waals surface area contributed by atoms with E-state index >= 15 is 0 Å². The van der Waals surface area contributed by atoms with E-state index in [1.165, 1.54) is 4.90 Å². The molecular formula is C10H16F3NO. The van der Waals surface area contributed by atoms with Crippen molar-refractivity contribution in [2.75, 3.05) is 13.1 Å². The van der Waals surface area contributed by atoms with Crippen molar-refractivity contribution in [1.29, 1.82) is 0 Å². The van der Waals surface area contributed by atoms with Crippen LogP contribution < -0.4 is 0 Å². The largest absolute Gasteiger partial charge is 0.393 e. The Kier molecular flexibility index (Phi) is 3.03. The number of alkyl halides is 3. The molecule has 1 fully saturated rings. The molecule has 0 aromatic carbocycles. The smallest absolute Gasteiger partial charge is 0.342 e. The third kappa shape index (κ3) is 2.86. The number of carbonyl (C=O) groups excluding carboxylic acids is 1. The zero-order valence-corrected chi connectivity index (χ0v) is 9.19. The summed E-state index contributed by atoms with van der Waals surface area (Å²) in [6.07, 6.45) is -4.14. The molecule has 0 saturated carbocycles. The number of hydrogen-bond donors (Lipinski definition) is 0. The number of carbonyl (C=O) groups is 1. The molecule has 0 aromatic heterocycles. The third-order valence-corrected chi connectivity index (χ3v) is 2.58.